The molecule has 1 N–H and O–H groups in total. The number of rotatable bonds is 5. The van der Waals surface area contributed by atoms with Crippen LogP contribution in [-0.4, -0.2) is 24.5 Å². The van der Waals surface area contributed by atoms with Gasteiger partial charge in [0.15, 0.2) is 0 Å². The number of nitrogens with one attached hydrogen (secondary N) is 1. The van der Waals surface area contributed by atoms with Gasteiger partial charge in [-0.1, -0.05) is 18.2 Å². The molecule has 27 heavy (non-hydrogen) atoms. The molecule has 136 valence electrons. The van der Waals surface area contributed by atoms with Crippen LogP contribution in [0.4, 0.5) is 5.69 Å². The Hall–Kier alpha value is -3.68. The minimum absolute atomic E-state index is 0.130. The molecule has 0 amide bonds. The van der Waals surface area contributed by atoms with Gasteiger partial charge < -0.3 is 9.73 Å². The standard InChI is InChI=1S/C19H18N6O2/c1-13-17(19(26)25(24(13)2)15-6-4-3-5-7-15)21-12-16-22-23-18(27-16)14-8-10-20-11-9-14/h3-11,21H,12H2,1-2H3. The van der Waals surface area contributed by atoms with Crippen molar-refractivity contribution in [3.05, 3.63) is 76.8 Å². The van der Waals surface area contributed by atoms with Crippen molar-refractivity contribution in [1.82, 2.24) is 24.5 Å². The van der Waals surface area contributed by atoms with Gasteiger partial charge in [-0.3, -0.25) is 14.5 Å². The minimum Gasteiger partial charge on any atom is -0.419 e. The van der Waals surface area contributed by atoms with Crippen molar-refractivity contribution in [3.63, 3.8) is 0 Å². The zero-order chi connectivity index (χ0) is 18.8. The third-order valence-corrected chi connectivity index (χ3v) is 4.36. The van der Waals surface area contributed by atoms with E-state index in [9.17, 15) is 4.79 Å². The molecule has 0 aliphatic rings. The van der Waals surface area contributed by atoms with Crippen LogP contribution in [0.1, 0.15) is 11.6 Å². The summed E-state index contributed by atoms with van der Waals surface area (Å²) in [6.45, 7) is 2.15. The highest BCUT2D eigenvalue weighted by Crippen LogP contribution is 2.18. The van der Waals surface area contributed by atoms with Crippen LogP contribution in [0, 0.1) is 6.92 Å². The molecule has 3 aromatic heterocycles. The molecule has 0 radical (unpaired) electrons. The molecule has 3 heterocycles. The monoisotopic (exact) mass is 362 g/mol. The van der Waals surface area contributed by atoms with E-state index < -0.39 is 0 Å². The van der Waals surface area contributed by atoms with Crippen LogP contribution in [0.25, 0.3) is 17.1 Å². The van der Waals surface area contributed by atoms with Gasteiger partial charge in [0.05, 0.1) is 17.9 Å². The quantitative estimate of drug-likeness (QED) is 0.587. The number of hydrogen-bond acceptors (Lipinski definition) is 6. The van der Waals surface area contributed by atoms with Crippen LogP contribution in [0.15, 0.2) is 64.1 Å². The van der Waals surface area contributed by atoms with E-state index in [1.54, 1.807) is 29.2 Å². The van der Waals surface area contributed by atoms with Gasteiger partial charge >= 0.3 is 0 Å². The number of hydrogen-bond donors (Lipinski definition) is 1. The number of anilines is 1. The highest BCUT2D eigenvalue weighted by molar-refractivity contribution is 5.51. The van der Waals surface area contributed by atoms with Crippen molar-refractivity contribution in [1.29, 1.82) is 0 Å². The predicted molar refractivity (Wildman–Crippen MR) is 101 cm³/mol. The van der Waals surface area contributed by atoms with Crippen molar-refractivity contribution in [2.24, 2.45) is 7.05 Å². The highest BCUT2D eigenvalue weighted by atomic mass is 16.4. The van der Waals surface area contributed by atoms with Crippen molar-refractivity contribution in [2.75, 3.05) is 5.32 Å². The van der Waals surface area contributed by atoms with Crippen molar-refractivity contribution in [2.45, 2.75) is 13.5 Å². The van der Waals surface area contributed by atoms with E-state index in [0.29, 0.717) is 17.5 Å². The smallest absolute Gasteiger partial charge is 0.295 e. The first kappa shape index (κ1) is 16.8. The van der Waals surface area contributed by atoms with Gasteiger partial charge in [0.2, 0.25) is 11.8 Å². The molecule has 0 spiro atoms. The zero-order valence-electron chi connectivity index (χ0n) is 15.0. The summed E-state index contributed by atoms with van der Waals surface area (Å²) >= 11 is 0. The summed E-state index contributed by atoms with van der Waals surface area (Å²) < 4.78 is 9.10. The topological polar surface area (TPSA) is 90.8 Å². The lowest BCUT2D eigenvalue weighted by atomic mass is 10.3. The molecule has 8 nitrogen and oxygen atoms in total. The normalized spacial score (nSPS) is 10.9. The van der Waals surface area contributed by atoms with Gasteiger partial charge in [0, 0.05) is 25.0 Å². The fourth-order valence-corrected chi connectivity index (χ4v) is 2.87. The van der Waals surface area contributed by atoms with Gasteiger partial charge in [0.1, 0.15) is 5.69 Å². The largest absolute Gasteiger partial charge is 0.419 e. The van der Waals surface area contributed by atoms with E-state index in [1.165, 1.54) is 0 Å². The molecular weight excluding hydrogens is 344 g/mol. The summed E-state index contributed by atoms with van der Waals surface area (Å²) in [7, 11) is 1.85. The average molecular weight is 362 g/mol. The molecule has 0 aliphatic heterocycles. The molecule has 1 aromatic carbocycles. The summed E-state index contributed by atoms with van der Waals surface area (Å²) in [5, 5.41) is 11.2. The predicted octanol–water partition coefficient (Wildman–Crippen LogP) is 2.54. The van der Waals surface area contributed by atoms with Gasteiger partial charge in [-0.2, -0.15) is 0 Å². The van der Waals surface area contributed by atoms with Gasteiger partial charge in [-0.05, 0) is 31.2 Å². The second-order valence-corrected chi connectivity index (χ2v) is 6.03. The number of pyridine rings is 1. The molecule has 4 aromatic rings. The van der Waals surface area contributed by atoms with E-state index in [2.05, 4.69) is 20.5 Å². The van der Waals surface area contributed by atoms with Crippen molar-refractivity contribution >= 4 is 5.69 Å². The van der Waals surface area contributed by atoms with Crippen LogP contribution in [0.5, 0.6) is 0 Å². The fourth-order valence-electron chi connectivity index (χ4n) is 2.87. The van der Waals surface area contributed by atoms with E-state index in [-0.39, 0.29) is 12.1 Å². The van der Waals surface area contributed by atoms with Crippen LogP contribution in [0.2, 0.25) is 0 Å². The summed E-state index contributed by atoms with van der Waals surface area (Å²) in [5.41, 5.74) is 2.79. The molecule has 0 saturated carbocycles. The first-order chi connectivity index (χ1) is 13.1. The molecule has 0 aliphatic carbocycles. The highest BCUT2D eigenvalue weighted by Gasteiger charge is 2.17. The lowest BCUT2D eigenvalue weighted by Gasteiger charge is -2.07. The Morgan fingerprint density at radius 1 is 1.07 bits per heavy atom. The molecule has 0 atom stereocenters. The molecular formula is C19H18N6O2. The Kier molecular flexibility index (Phi) is 4.29. The second-order valence-electron chi connectivity index (χ2n) is 6.03. The van der Waals surface area contributed by atoms with Gasteiger partial charge in [0.25, 0.3) is 5.56 Å². The van der Waals surface area contributed by atoms with E-state index in [0.717, 1.165) is 16.9 Å². The van der Waals surface area contributed by atoms with Crippen LogP contribution in [0.3, 0.4) is 0 Å². The number of para-hydroxylation sites is 1. The number of benzene rings is 1. The number of aromatic nitrogens is 5. The molecule has 4 rings (SSSR count). The van der Waals surface area contributed by atoms with Gasteiger partial charge in [-0.15, -0.1) is 10.2 Å². The summed E-state index contributed by atoms with van der Waals surface area (Å²) in [6, 6.07) is 13.1. The Bertz CT molecular complexity index is 1110. The Morgan fingerprint density at radius 2 is 1.81 bits per heavy atom. The maximum Gasteiger partial charge on any atom is 0.295 e. The zero-order valence-corrected chi connectivity index (χ0v) is 15.0. The number of nitrogens with zero attached hydrogens (tertiary/aromatic N) is 5. The Labute approximate surface area is 155 Å². The van der Waals surface area contributed by atoms with Crippen LogP contribution >= 0.6 is 0 Å². The molecule has 8 heteroatoms. The SMILES string of the molecule is Cc1c(NCc2nnc(-c3ccncc3)o2)c(=O)n(-c2ccccc2)n1C. The lowest BCUT2D eigenvalue weighted by Crippen LogP contribution is -2.21. The Morgan fingerprint density at radius 3 is 2.56 bits per heavy atom. The molecule has 0 fully saturated rings. The van der Waals surface area contributed by atoms with Crippen LogP contribution < -0.4 is 10.9 Å². The second kappa shape index (κ2) is 6.91. The van der Waals surface area contributed by atoms with Crippen molar-refractivity contribution < 1.29 is 4.42 Å². The molecule has 0 bridgehead atoms. The van der Waals surface area contributed by atoms with E-state index in [1.807, 2.05) is 49.0 Å². The molecule has 0 unspecified atom stereocenters. The summed E-state index contributed by atoms with van der Waals surface area (Å²) in [4.78, 5) is 16.8. The van der Waals surface area contributed by atoms with Crippen molar-refractivity contribution in [3.8, 4) is 17.1 Å². The first-order valence-corrected chi connectivity index (χ1v) is 8.46. The van der Waals surface area contributed by atoms with Gasteiger partial charge in [-0.25, -0.2) is 4.68 Å². The molecule has 0 saturated heterocycles. The lowest BCUT2D eigenvalue weighted by molar-refractivity contribution is 0.515. The average Bonchev–Trinajstić information content (AvgIpc) is 3.26. The third kappa shape index (κ3) is 3.12. The minimum atomic E-state index is -0.130. The summed E-state index contributed by atoms with van der Waals surface area (Å²) in [5.74, 6) is 0.816. The van der Waals surface area contributed by atoms with Crippen LogP contribution in [-0.2, 0) is 13.6 Å². The third-order valence-electron chi connectivity index (χ3n) is 4.36. The summed E-state index contributed by atoms with van der Waals surface area (Å²) in [6.07, 6.45) is 3.33. The van der Waals surface area contributed by atoms with E-state index >= 15 is 0 Å². The maximum absolute atomic E-state index is 12.9. The van der Waals surface area contributed by atoms with E-state index in [4.69, 9.17) is 4.42 Å². The fraction of sp³-hybridized carbons (Fsp3) is 0.158. The Balaban J connectivity index is 1.58. The first-order valence-electron chi connectivity index (χ1n) is 8.46. The maximum atomic E-state index is 12.9.